The molecule has 0 aromatic carbocycles. The minimum absolute atomic E-state index is 0.00146. The molecule has 0 amide bonds. The molecule has 96 valence electrons. The van der Waals surface area contributed by atoms with Gasteiger partial charge in [-0.3, -0.25) is 9.59 Å². The maximum Gasteiger partial charge on any atom is 0.310 e. The SMILES string of the molecule is CC(C)OC(=O)C1C(/C=C/CC(=O)O)C1(C)C. The first kappa shape index (κ1) is 13.7. The summed E-state index contributed by atoms with van der Waals surface area (Å²) < 4.78 is 5.18. The predicted octanol–water partition coefficient (Wildman–Crippen LogP) is 2.24. The zero-order valence-electron chi connectivity index (χ0n) is 10.8. The van der Waals surface area contributed by atoms with E-state index in [4.69, 9.17) is 9.84 Å². The zero-order valence-corrected chi connectivity index (χ0v) is 10.8. The molecule has 4 heteroatoms. The maximum absolute atomic E-state index is 11.8. The standard InChI is InChI=1S/C13H20O4/c1-8(2)17-12(16)11-9(13(11,3)4)6-5-7-10(14)15/h5-6,8-9,11H,7H2,1-4H3,(H,14,15)/b6-5+. The van der Waals surface area contributed by atoms with Crippen LogP contribution in [0.5, 0.6) is 0 Å². The van der Waals surface area contributed by atoms with E-state index in [1.165, 1.54) is 0 Å². The van der Waals surface area contributed by atoms with Crippen molar-refractivity contribution >= 4 is 11.9 Å². The van der Waals surface area contributed by atoms with Gasteiger partial charge in [-0.2, -0.15) is 0 Å². The number of carboxylic acids is 1. The number of carboxylic acid groups (broad SMARTS) is 1. The summed E-state index contributed by atoms with van der Waals surface area (Å²) in [5, 5.41) is 8.53. The summed E-state index contributed by atoms with van der Waals surface area (Å²) in [6, 6.07) is 0. The zero-order chi connectivity index (χ0) is 13.2. The van der Waals surface area contributed by atoms with Crippen LogP contribution >= 0.6 is 0 Å². The van der Waals surface area contributed by atoms with Gasteiger partial charge in [0.05, 0.1) is 18.4 Å². The van der Waals surface area contributed by atoms with Crippen molar-refractivity contribution < 1.29 is 19.4 Å². The lowest BCUT2D eigenvalue weighted by atomic mass is 10.1. The number of carbonyl (C=O) groups excluding carboxylic acids is 1. The Labute approximate surface area is 102 Å². The second-order valence-electron chi connectivity index (χ2n) is 5.34. The van der Waals surface area contributed by atoms with E-state index in [2.05, 4.69) is 0 Å². The van der Waals surface area contributed by atoms with E-state index >= 15 is 0 Å². The van der Waals surface area contributed by atoms with E-state index in [-0.39, 0.29) is 35.7 Å². The van der Waals surface area contributed by atoms with Gasteiger partial charge in [0.1, 0.15) is 0 Å². The van der Waals surface area contributed by atoms with Gasteiger partial charge in [0.15, 0.2) is 0 Å². The fraction of sp³-hybridized carbons (Fsp3) is 0.692. The van der Waals surface area contributed by atoms with E-state index in [1.54, 1.807) is 6.08 Å². The van der Waals surface area contributed by atoms with Crippen molar-refractivity contribution in [2.75, 3.05) is 0 Å². The summed E-state index contributed by atoms with van der Waals surface area (Å²) in [6.45, 7) is 7.63. The first-order chi connectivity index (χ1) is 7.76. The molecule has 0 spiro atoms. The Hall–Kier alpha value is -1.32. The molecule has 0 saturated heterocycles. The van der Waals surface area contributed by atoms with E-state index in [0.717, 1.165) is 0 Å². The van der Waals surface area contributed by atoms with Crippen molar-refractivity contribution in [1.82, 2.24) is 0 Å². The normalized spacial score (nSPS) is 26.2. The smallest absolute Gasteiger partial charge is 0.310 e. The van der Waals surface area contributed by atoms with Gasteiger partial charge in [-0.1, -0.05) is 26.0 Å². The van der Waals surface area contributed by atoms with Crippen molar-refractivity contribution in [3.05, 3.63) is 12.2 Å². The molecule has 1 aliphatic rings. The second kappa shape index (κ2) is 4.90. The molecule has 4 nitrogen and oxygen atoms in total. The summed E-state index contributed by atoms with van der Waals surface area (Å²) in [7, 11) is 0. The van der Waals surface area contributed by atoms with E-state index in [0.29, 0.717) is 0 Å². The van der Waals surface area contributed by atoms with Gasteiger partial charge < -0.3 is 9.84 Å². The monoisotopic (exact) mass is 240 g/mol. The van der Waals surface area contributed by atoms with E-state index in [1.807, 2.05) is 33.8 Å². The molecule has 0 aromatic rings. The summed E-state index contributed by atoms with van der Waals surface area (Å²) in [6.07, 6.45) is 3.32. The Bertz CT molecular complexity index is 341. The number of aliphatic carboxylic acids is 1. The van der Waals surface area contributed by atoms with Crippen LogP contribution in [0.25, 0.3) is 0 Å². The Balaban J connectivity index is 2.56. The molecule has 2 unspecified atom stereocenters. The quantitative estimate of drug-likeness (QED) is 0.591. The van der Waals surface area contributed by atoms with Crippen LogP contribution in [-0.4, -0.2) is 23.1 Å². The molecule has 0 radical (unpaired) electrons. The van der Waals surface area contributed by atoms with Crippen LogP contribution in [-0.2, 0) is 14.3 Å². The van der Waals surface area contributed by atoms with E-state index in [9.17, 15) is 9.59 Å². The highest BCUT2D eigenvalue weighted by molar-refractivity contribution is 5.78. The maximum atomic E-state index is 11.8. The highest BCUT2D eigenvalue weighted by atomic mass is 16.5. The number of carbonyl (C=O) groups is 2. The highest BCUT2D eigenvalue weighted by Gasteiger charge is 2.61. The van der Waals surface area contributed by atoms with Crippen molar-refractivity contribution in [3.8, 4) is 0 Å². The van der Waals surface area contributed by atoms with Crippen LogP contribution in [0.15, 0.2) is 12.2 Å². The van der Waals surface area contributed by atoms with Crippen molar-refractivity contribution in [1.29, 1.82) is 0 Å². The topological polar surface area (TPSA) is 63.6 Å². The average Bonchev–Trinajstić information content (AvgIpc) is 2.66. The Kier molecular flexibility index (Phi) is 3.96. The lowest BCUT2D eigenvalue weighted by Crippen LogP contribution is -2.15. The second-order valence-corrected chi connectivity index (χ2v) is 5.34. The number of hydrogen-bond acceptors (Lipinski definition) is 3. The molecule has 0 aromatic heterocycles. The lowest BCUT2D eigenvalue weighted by molar-refractivity contribution is -0.150. The van der Waals surface area contributed by atoms with Crippen LogP contribution in [0, 0.1) is 17.3 Å². The molecule has 0 heterocycles. The first-order valence-electron chi connectivity index (χ1n) is 5.85. The third-order valence-corrected chi connectivity index (χ3v) is 3.15. The van der Waals surface area contributed by atoms with E-state index < -0.39 is 5.97 Å². The van der Waals surface area contributed by atoms with Crippen molar-refractivity contribution in [2.45, 2.75) is 40.2 Å². The van der Waals surface area contributed by atoms with Gasteiger partial charge in [-0.25, -0.2) is 0 Å². The molecule has 0 aliphatic heterocycles. The Morgan fingerprint density at radius 1 is 1.41 bits per heavy atom. The molecular weight excluding hydrogens is 220 g/mol. The summed E-state index contributed by atoms with van der Waals surface area (Å²) in [5.41, 5.74) is -0.124. The lowest BCUT2D eigenvalue weighted by Gasteiger charge is -2.08. The van der Waals surface area contributed by atoms with Crippen LogP contribution in [0.2, 0.25) is 0 Å². The molecule has 1 rings (SSSR count). The van der Waals surface area contributed by atoms with Crippen molar-refractivity contribution in [3.63, 3.8) is 0 Å². The van der Waals surface area contributed by atoms with Gasteiger partial charge in [0.25, 0.3) is 0 Å². The molecule has 1 N–H and O–H groups in total. The molecule has 1 aliphatic carbocycles. The van der Waals surface area contributed by atoms with Crippen molar-refractivity contribution in [2.24, 2.45) is 17.3 Å². The Morgan fingerprint density at radius 3 is 2.47 bits per heavy atom. The molecule has 1 fully saturated rings. The predicted molar refractivity (Wildman–Crippen MR) is 63.4 cm³/mol. The fourth-order valence-electron chi connectivity index (χ4n) is 2.11. The summed E-state index contributed by atoms with van der Waals surface area (Å²) in [5.74, 6) is -1.10. The molecule has 17 heavy (non-hydrogen) atoms. The van der Waals surface area contributed by atoms with Gasteiger partial charge in [-0.15, -0.1) is 0 Å². The van der Waals surface area contributed by atoms with Gasteiger partial charge in [0.2, 0.25) is 0 Å². The number of ether oxygens (including phenoxy) is 1. The number of rotatable bonds is 5. The van der Waals surface area contributed by atoms with Crippen LogP contribution < -0.4 is 0 Å². The van der Waals surface area contributed by atoms with Gasteiger partial charge in [0, 0.05) is 0 Å². The minimum Gasteiger partial charge on any atom is -0.481 e. The Morgan fingerprint density at radius 2 is 2.00 bits per heavy atom. The summed E-state index contributed by atoms with van der Waals surface area (Å²) >= 11 is 0. The van der Waals surface area contributed by atoms with Gasteiger partial charge in [-0.05, 0) is 25.2 Å². The minimum atomic E-state index is -0.860. The fourth-order valence-corrected chi connectivity index (χ4v) is 2.11. The average molecular weight is 240 g/mol. The number of hydrogen-bond donors (Lipinski definition) is 1. The molecule has 1 saturated carbocycles. The molecule has 2 atom stereocenters. The molecule has 0 bridgehead atoms. The van der Waals surface area contributed by atoms with Crippen LogP contribution in [0.4, 0.5) is 0 Å². The third-order valence-electron chi connectivity index (χ3n) is 3.15. The van der Waals surface area contributed by atoms with Gasteiger partial charge >= 0.3 is 11.9 Å². The largest absolute Gasteiger partial charge is 0.481 e. The van der Waals surface area contributed by atoms with Crippen LogP contribution in [0.3, 0.4) is 0 Å². The number of esters is 1. The number of allylic oxidation sites excluding steroid dienone is 1. The van der Waals surface area contributed by atoms with Crippen LogP contribution in [0.1, 0.15) is 34.1 Å². The third kappa shape index (κ3) is 3.32. The summed E-state index contributed by atoms with van der Waals surface area (Å²) in [4.78, 5) is 22.1. The molecular formula is C13H20O4. The highest BCUT2D eigenvalue weighted by Crippen LogP contribution is 2.59. The first-order valence-corrected chi connectivity index (χ1v) is 5.85.